The third kappa shape index (κ3) is 2.66. The van der Waals surface area contributed by atoms with Gasteiger partial charge in [0.1, 0.15) is 23.6 Å². The highest BCUT2D eigenvalue weighted by Crippen LogP contribution is 2.37. The minimum absolute atomic E-state index is 0.0844. The molecule has 0 bridgehead atoms. The smallest absolute Gasteiger partial charge is 0.243 e. The fraction of sp³-hybridized carbons (Fsp3) is 0.353. The fourth-order valence-electron chi connectivity index (χ4n) is 2.87. The molecule has 1 aliphatic rings. The highest BCUT2D eigenvalue weighted by Gasteiger charge is 2.47. The van der Waals surface area contributed by atoms with E-state index in [0.29, 0.717) is 18.0 Å². The van der Waals surface area contributed by atoms with Gasteiger partial charge in [-0.25, -0.2) is 0 Å². The molecule has 122 valence electrons. The first kappa shape index (κ1) is 15.4. The lowest BCUT2D eigenvalue weighted by molar-refractivity contribution is -0.151. The number of ether oxygens (including phenoxy) is 2. The first-order valence-electron chi connectivity index (χ1n) is 7.38. The first-order valence-corrected chi connectivity index (χ1v) is 7.38. The highest BCUT2D eigenvalue weighted by atomic mass is 16.5. The Balaban J connectivity index is 1.82. The van der Waals surface area contributed by atoms with Crippen molar-refractivity contribution in [3.05, 3.63) is 47.4 Å². The van der Waals surface area contributed by atoms with E-state index in [9.17, 15) is 4.79 Å². The predicted molar refractivity (Wildman–Crippen MR) is 84.3 cm³/mol. The Morgan fingerprint density at radius 1 is 1.17 bits per heavy atom. The molecule has 3 rings (SSSR count). The summed E-state index contributed by atoms with van der Waals surface area (Å²) in [6.45, 7) is 2.31. The van der Waals surface area contributed by atoms with Gasteiger partial charge in [-0.2, -0.15) is 0 Å². The molecule has 1 amide bonds. The maximum atomic E-state index is 12.1. The minimum Gasteiger partial charge on any atom is -0.493 e. The van der Waals surface area contributed by atoms with Crippen molar-refractivity contribution in [2.75, 3.05) is 14.2 Å². The van der Waals surface area contributed by atoms with E-state index in [4.69, 9.17) is 19.6 Å². The van der Waals surface area contributed by atoms with Crippen molar-refractivity contribution in [2.45, 2.75) is 25.6 Å². The normalized spacial score (nSPS) is 20.3. The number of carbonyl (C=O) groups excluding carboxylic acids is 1. The zero-order valence-corrected chi connectivity index (χ0v) is 13.4. The number of hydrogen-bond acceptors (Lipinski definition) is 5. The monoisotopic (exact) mass is 316 g/mol. The number of hydrogen-bond donors (Lipinski definition) is 1. The summed E-state index contributed by atoms with van der Waals surface area (Å²) in [5.41, 5.74) is 6.90. The van der Waals surface area contributed by atoms with E-state index in [2.05, 4.69) is 0 Å². The highest BCUT2D eigenvalue weighted by molar-refractivity contribution is 5.89. The quantitative estimate of drug-likeness (QED) is 0.854. The molecule has 1 saturated heterocycles. The van der Waals surface area contributed by atoms with E-state index in [1.165, 1.54) is 0 Å². The molecule has 2 aromatic rings. The van der Waals surface area contributed by atoms with Crippen LogP contribution in [0.3, 0.4) is 0 Å². The van der Waals surface area contributed by atoms with Crippen LogP contribution in [0, 0.1) is 6.92 Å². The van der Waals surface area contributed by atoms with E-state index in [-0.39, 0.29) is 11.9 Å². The summed E-state index contributed by atoms with van der Waals surface area (Å²) in [7, 11) is 3.17. The summed E-state index contributed by atoms with van der Waals surface area (Å²) >= 11 is 0. The maximum Gasteiger partial charge on any atom is 0.243 e. The van der Waals surface area contributed by atoms with Gasteiger partial charge < -0.3 is 24.5 Å². The van der Waals surface area contributed by atoms with Crippen molar-refractivity contribution in [1.29, 1.82) is 0 Å². The second kappa shape index (κ2) is 5.96. The molecule has 0 unspecified atom stereocenters. The third-order valence-electron chi connectivity index (χ3n) is 4.10. The van der Waals surface area contributed by atoms with Crippen LogP contribution in [0.1, 0.15) is 23.1 Å². The number of carbonyl (C=O) groups is 1. The van der Waals surface area contributed by atoms with E-state index < -0.39 is 6.04 Å². The van der Waals surface area contributed by atoms with Gasteiger partial charge in [-0.1, -0.05) is 6.07 Å². The zero-order valence-electron chi connectivity index (χ0n) is 13.4. The molecule has 2 atom stereocenters. The average molecular weight is 316 g/mol. The third-order valence-corrected chi connectivity index (χ3v) is 4.10. The maximum absolute atomic E-state index is 12.1. The van der Waals surface area contributed by atoms with Gasteiger partial charge in [0.2, 0.25) is 5.91 Å². The van der Waals surface area contributed by atoms with Gasteiger partial charge in [-0.3, -0.25) is 4.79 Å². The van der Waals surface area contributed by atoms with Crippen LogP contribution in [0.5, 0.6) is 11.5 Å². The number of furan rings is 1. The van der Waals surface area contributed by atoms with Gasteiger partial charge in [0.15, 0.2) is 11.5 Å². The molecule has 2 heterocycles. The van der Waals surface area contributed by atoms with E-state index in [1.54, 1.807) is 19.1 Å². The Morgan fingerprint density at radius 3 is 2.52 bits per heavy atom. The van der Waals surface area contributed by atoms with Gasteiger partial charge in [0, 0.05) is 6.54 Å². The average Bonchev–Trinajstić information content (AvgIpc) is 2.99. The number of nitrogens with zero attached hydrogens (tertiary/aromatic N) is 1. The number of rotatable bonds is 5. The summed E-state index contributed by atoms with van der Waals surface area (Å²) in [4.78, 5) is 13.8. The van der Waals surface area contributed by atoms with Crippen molar-refractivity contribution in [3.8, 4) is 11.5 Å². The van der Waals surface area contributed by atoms with Crippen LogP contribution in [0.25, 0.3) is 0 Å². The summed E-state index contributed by atoms with van der Waals surface area (Å²) in [6.07, 6.45) is 0. The number of β-lactam (4-membered cyclic amide) rings is 1. The van der Waals surface area contributed by atoms with Crippen LogP contribution >= 0.6 is 0 Å². The number of methoxy groups -OCH3 is 2. The van der Waals surface area contributed by atoms with Gasteiger partial charge in [-0.15, -0.1) is 0 Å². The Kier molecular flexibility index (Phi) is 4.00. The molecule has 1 aliphatic heterocycles. The second-order valence-corrected chi connectivity index (χ2v) is 5.57. The Labute approximate surface area is 134 Å². The molecular formula is C17H20N2O4. The lowest BCUT2D eigenvalue weighted by atomic mass is 9.92. The summed E-state index contributed by atoms with van der Waals surface area (Å²) in [6, 6.07) is 8.55. The van der Waals surface area contributed by atoms with E-state index in [0.717, 1.165) is 17.1 Å². The van der Waals surface area contributed by atoms with Crippen LogP contribution < -0.4 is 15.2 Å². The van der Waals surface area contributed by atoms with Gasteiger partial charge in [-0.05, 0) is 36.8 Å². The lowest BCUT2D eigenvalue weighted by Crippen LogP contribution is -2.62. The number of amides is 1. The summed E-state index contributed by atoms with van der Waals surface area (Å²) in [5, 5.41) is 0. The molecule has 6 heteroatoms. The van der Waals surface area contributed by atoms with Crippen LogP contribution in [0.2, 0.25) is 0 Å². The van der Waals surface area contributed by atoms with Crippen molar-refractivity contribution in [3.63, 3.8) is 0 Å². The predicted octanol–water partition coefficient (Wildman–Crippen LogP) is 2.02. The second-order valence-electron chi connectivity index (χ2n) is 5.57. The summed E-state index contributed by atoms with van der Waals surface area (Å²) < 4.78 is 16.2. The molecule has 1 fully saturated rings. The molecule has 6 nitrogen and oxygen atoms in total. The van der Waals surface area contributed by atoms with Crippen molar-refractivity contribution in [2.24, 2.45) is 5.73 Å². The van der Waals surface area contributed by atoms with Gasteiger partial charge in [0.05, 0.1) is 14.2 Å². The van der Waals surface area contributed by atoms with Crippen LogP contribution in [0.4, 0.5) is 0 Å². The topological polar surface area (TPSA) is 77.9 Å². The lowest BCUT2D eigenvalue weighted by Gasteiger charge is -2.44. The molecular weight excluding hydrogens is 296 g/mol. The summed E-state index contributed by atoms with van der Waals surface area (Å²) in [5.74, 6) is 2.72. The fourth-order valence-corrected chi connectivity index (χ4v) is 2.87. The molecule has 2 N–H and O–H groups in total. The number of benzene rings is 1. The number of aryl methyl sites for hydroxylation is 1. The Hall–Kier alpha value is -2.47. The molecule has 0 spiro atoms. The molecule has 23 heavy (non-hydrogen) atoms. The van der Waals surface area contributed by atoms with E-state index in [1.807, 2.05) is 37.3 Å². The van der Waals surface area contributed by atoms with E-state index >= 15 is 0 Å². The van der Waals surface area contributed by atoms with Crippen molar-refractivity contribution >= 4 is 5.91 Å². The molecule has 1 aromatic heterocycles. The SMILES string of the molecule is COc1ccc(CN2C(=O)[C@@H](N)[C@@H]2c2ccc(C)o2)cc1OC. The van der Waals surface area contributed by atoms with Crippen LogP contribution in [-0.4, -0.2) is 31.1 Å². The van der Waals surface area contributed by atoms with Crippen LogP contribution in [0.15, 0.2) is 34.7 Å². The molecule has 1 aromatic carbocycles. The minimum atomic E-state index is -0.555. The Morgan fingerprint density at radius 2 is 1.91 bits per heavy atom. The first-order chi connectivity index (χ1) is 11.0. The van der Waals surface area contributed by atoms with Crippen molar-refractivity contribution in [1.82, 2.24) is 4.90 Å². The largest absolute Gasteiger partial charge is 0.493 e. The van der Waals surface area contributed by atoms with Crippen LogP contribution in [-0.2, 0) is 11.3 Å². The number of nitrogens with two attached hydrogens (primary N) is 1. The number of likely N-dealkylation sites (tertiary alicyclic amines) is 1. The molecule has 0 aliphatic carbocycles. The van der Waals surface area contributed by atoms with Crippen molar-refractivity contribution < 1.29 is 18.7 Å². The Bertz CT molecular complexity index is 725. The van der Waals surface area contributed by atoms with Gasteiger partial charge in [0.25, 0.3) is 0 Å². The molecule has 0 saturated carbocycles. The van der Waals surface area contributed by atoms with Gasteiger partial charge >= 0.3 is 0 Å². The zero-order chi connectivity index (χ0) is 16.6. The molecule has 0 radical (unpaired) electrons. The standard InChI is InChI=1S/C17H20N2O4/c1-10-4-6-13(23-10)16-15(18)17(20)19(16)9-11-5-7-12(21-2)14(8-11)22-3/h4-8,15-16H,9,18H2,1-3H3/t15-,16-/m0/s1.